The minimum Gasteiger partial charge on any atom is -0.493 e. The van der Waals surface area contributed by atoms with E-state index in [0.29, 0.717) is 6.42 Å². The number of anilines is 1. The fourth-order valence-electron chi connectivity index (χ4n) is 4.30. The van der Waals surface area contributed by atoms with Gasteiger partial charge in [0.2, 0.25) is 5.91 Å². The average Bonchev–Trinajstić information content (AvgIpc) is 2.79. The summed E-state index contributed by atoms with van der Waals surface area (Å²) >= 11 is 0. The highest BCUT2D eigenvalue weighted by Crippen LogP contribution is 2.29. The molecule has 1 aliphatic heterocycles. The van der Waals surface area contributed by atoms with E-state index >= 15 is 0 Å². The van der Waals surface area contributed by atoms with Crippen LogP contribution in [0.4, 0.5) is 5.69 Å². The fourth-order valence-corrected chi connectivity index (χ4v) is 4.30. The number of aromatic nitrogens is 2. The van der Waals surface area contributed by atoms with E-state index in [4.69, 9.17) is 4.74 Å². The van der Waals surface area contributed by atoms with Crippen LogP contribution >= 0.6 is 0 Å². The Hall–Kier alpha value is -3.15. The van der Waals surface area contributed by atoms with E-state index in [9.17, 15) is 4.79 Å². The number of nitrogens with zero attached hydrogens (tertiary/aromatic N) is 4. The van der Waals surface area contributed by atoms with Crippen molar-refractivity contribution in [1.82, 2.24) is 14.9 Å². The number of carbonyl (C=O) groups excluding carboxylic acids is 1. The lowest BCUT2D eigenvalue weighted by Crippen LogP contribution is -2.54. The lowest BCUT2D eigenvalue weighted by atomic mass is 10.0. The van der Waals surface area contributed by atoms with Gasteiger partial charge in [0.15, 0.2) is 5.75 Å². The zero-order chi connectivity index (χ0) is 20.9. The molecule has 0 spiro atoms. The molecule has 4 rings (SSSR count). The molecule has 6 heteroatoms. The number of methoxy groups -OCH3 is 1. The van der Waals surface area contributed by atoms with Gasteiger partial charge in [0.1, 0.15) is 0 Å². The number of hydrogen-bond acceptors (Lipinski definition) is 5. The monoisotopic (exact) mass is 404 g/mol. The number of benzene rings is 1. The van der Waals surface area contributed by atoms with Gasteiger partial charge in [-0.15, -0.1) is 0 Å². The molecule has 0 N–H and O–H groups in total. The Labute approximate surface area is 177 Å². The molecular formula is C24H28N4O2. The van der Waals surface area contributed by atoms with Gasteiger partial charge in [0.05, 0.1) is 24.5 Å². The zero-order valence-corrected chi connectivity index (χ0v) is 17.6. The third-order valence-electron chi connectivity index (χ3n) is 5.84. The maximum Gasteiger partial charge on any atom is 0.222 e. The van der Waals surface area contributed by atoms with Gasteiger partial charge in [-0.2, -0.15) is 0 Å². The molecule has 1 aromatic carbocycles. The second kappa shape index (κ2) is 9.11. The van der Waals surface area contributed by atoms with Gasteiger partial charge in [0, 0.05) is 49.9 Å². The van der Waals surface area contributed by atoms with E-state index in [-0.39, 0.29) is 11.9 Å². The second-order valence-electron chi connectivity index (χ2n) is 7.77. The number of carbonyl (C=O) groups is 1. The summed E-state index contributed by atoms with van der Waals surface area (Å²) in [6.45, 7) is 4.43. The molecule has 0 saturated carbocycles. The van der Waals surface area contributed by atoms with Crippen LogP contribution in [0.15, 0.2) is 55.0 Å². The van der Waals surface area contributed by atoms with Gasteiger partial charge < -0.3 is 14.5 Å². The molecule has 30 heavy (non-hydrogen) atoms. The Morgan fingerprint density at radius 2 is 2.07 bits per heavy atom. The van der Waals surface area contributed by atoms with E-state index in [0.717, 1.165) is 49.4 Å². The van der Waals surface area contributed by atoms with E-state index in [1.807, 2.05) is 35.4 Å². The maximum absolute atomic E-state index is 12.9. The topological polar surface area (TPSA) is 58.6 Å². The van der Waals surface area contributed by atoms with Crippen LogP contribution in [0.1, 0.15) is 25.3 Å². The average molecular weight is 405 g/mol. The van der Waals surface area contributed by atoms with Crippen LogP contribution in [0.25, 0.3) is 10.9 Å². The third-order valence-corrected chi connectivity index (χ3v) is 5.84. The van der Waals surface area contributed by atoms with Crippen LogP contribution in [0.3, 0.4) is 0 Å². The first-order valence-electron chi connectivity index (χ1n) is 10.5. The summed E-state index contributed by atoms with van der Waals surface area (Å²) in [7, 11) is 1.66. The largest absolute Gasteiger partial charge is 0.493 e. The Morgan fingerprint density at radius 3 is 2.90 bits per heavy atom. The summed E-state index contributed by atoms with van der Waals surface area (Å²) in [5.41, 5.74) is 3.31. The predicted octanol–water partition coefficient (Wildman–Crippen LogP) is 3.70. The summed E-state index contributed by atoms with van der Waals surface area (Å²) in [5.74, 6) is 1.01. The number of ether oxygens (including phenoxy) is 1. The van der Waals surface area contributed by atoms with Crippen molar-refractivity contribution in [3.63, 3.8) is 0 Å². The minimum atomic E-state index is 0.158. The zero-order valence-electron chi connectivity index (χ0n) is 17.6. The summed E-state index contributed by atoms with van der Waals surface area (Å²) < 4.78 is 5.44. The summed E-state index contributed by atoms with van der Waals surface area (Å²) in [6.07, 6.45) is 7.64. The van der Waals surface area contributed by atoms with E-state index in [1.165, 1.54) is 10.9 Å². The van der Waals surface area contributed by atoms with Crippen LogP contribution < -0.4 is 9.64 Å². The smallest absolute Gasteiger partial charge is 0.222 e. The highest BCUT2D eigenvalue weighted by Gasteiger charge is 2.28. The minimum absolute atomic E-state index is 0.158. The van der Waals surface area contributed by atoms with Crippen molar-refractivity contribution in [3.05, 3.63) is 60.6 Å². The van der Waals surface area contributed by atoms with Gasteiger partial charge >= 0.3 is 0 Å². The van der Waals surface area contributed by atoms with E-state index in [1.54, 1.807) is 19.5 Å². The number of pyridine rings is 2. The van der Waals surface area contributed by atoms with Crippen LogP contribution in [0.5, 0.6) is 5.75 Å². The normalized spacial score (nSPS) is 16.7. The van der Waals surface area contributed by atoms with Crippen molar-refractivity contribution >= 4 is 22.5 Å². The number of aryl methyl sites for hydroxylation is 1. The summed E-state index contributed by atoms with van der Waals surface area (Å²) in [5, 5.41) is 1.18. The molecule has 1 fully saturated rings. The SMILES string of the molecule is COc1cnccc1N1CCN(C(=O)CCCc2cccc3ncccc23)[C@@H](C)C1. The molecule has 156 valence electrons. The molecule has 3 aromatic rings. The molecule has 1 aliphatic rings. The Kier molecular flexibility index (Phi) is 6.12. The highest BCUT2D eigenvalue weighted by molar-refractivity contribution is 5.82. The molecular weight excluding hydrogens is 376 g/mol. The first-order valence-corrected chi connectivity index (χ1v) is 10.5. The summed E-state index contributed by atoms with van der Waals surface area (Å²) in [6, 6.07) is 12.4. The Balaban J connectivity index is 1.33. The van der Waals surface area contributed by atoms with E-state index in [2.05, 4.69) is 33.9 Å². The Bertz CT molecular complexity index is 1020. The van der Waals surface area contributed by atoms with Crippen molar-refractivity contribution in [2.75, 3.05) is 31.6 Å². The maximum atomic E-state index is 12.9. The standard InChI is InChI=1S/C24H28N4O2/c1-18-17-27(22-11-13-25-16-23(22)30-2)14-15-28(18)24(29)10-4-7-19-6-3-9-21-20(19)8-5-12-26-21/h3,5-6,8-9,11-13,16,18H,4,7,10,14-15,17H2,1-2H3/t18-/m0/s1. The molecule has 6 nitrogen and oxygen atoms in total. The highest BCUT2D eigenvalue weighted by atomic mass is 16.5. The van der Waals surface area contributed by atoms with Gasteiger partial charge in [-0.25, -0.2) is 0 Å². The number of fused-ring (bicyclic) bond motifs is 1. The van der Waals surface area contributed by atoms with Gasteiger partial charge in [-0.05, 0) is 43.5 Å². The Morgan fingerprint density at radius 1 is 1.17 bits per heavy atom. The molecule has 0 unspecified atom stereocenters. The fraction of sp³-hybridized carbons (Fsp3) is 0.375. The van der Waals surface area contributed by atoms with Gasteiger partial charge in [-0.1, -0.05) is 18.2 Å². The van der Waals surface area contributed by atoms with Gasteiger partial charge in [-0.3, -0.25) is 14.8 Å². The van der Waals surface area contributed by atoms with Crippen LogP contribution in [0, 0.1) is 0 Å². The van der Waals surface area contributed by atoms with Crippen LogP contribution in [-0.4, -0.2) is 53.6 Å². The number of rotatable bonds is 6. The van der Waals surface area contributed by atoms with Crippen molar-refractivity contribution in [1.29, 1.82) is 0 Å². The summed E-state index contributed by atoms with van der Waals surface area (Å²) in [4.78, 5) is 25.7. The first kappa shape index (κ1) is 20.1. The van der Waals surface area contributed by atoms with Gasteiger partial charge in [0.25, 0.3) is 0 Å². The third kappa shape index (κ3) is 4.22. The number of amides is 1. The molecule has 3 heterocycles. The second-order valence-corrected chi connectivity index (χ2v) is 7.77. The van der Waals surface area contributed by atoms with Crippen molar-refractivity contribution < 1.29 is 9.53 Å². The lowest BCUT2D eigenvalue weighted by Gasteiger charge is -2.41. The number of piperazine rings is 1. The molecule has 2 aromatic heterocycles. The molecule has 0 bridgehead atoms. The number of hydrogen-bond donors (Lipinski definition) is 0. The first-order chi connectivity index (χ1) is 14.7. The van der Waals surface area contributed by atoms with Crippen molar-refractivity contribution in [2.45, 2.75) is 32.2 Å². The quantitative estimate of drug-likeness (QED) is 0.627. The van der Waals surface area contributed by atoms with Crippen LogP contribution in [0.2, 0.25) is 0 Å². The molecule has 1 amide bonds. The molecule has 1 atom stereocenters. The lowest BCUT2D eigenvalue weighted by molar-refractivity contribution is -0.133. The molecule has 0 aliphatic carbocycles. The van der Waals surface area contributed by atoms with Crippen LogP contribution in [-0.2, 0) is 11.2 Å². The predicted molar refractivity (Wildman–Crippen MR) is 119 cm³/mol. The van der Waals surface area contributed by atoms with Crippen molar-refractivity contribution in [2.24, 2.45) is 0 Å². The molecule has 0 radical (unpaired) electrons. The molecule has 1 saturated heterocycles. The van der Waals surface area contributed by atoms with Crippen molar-refractivity contribution in [3.8, 4) is 5.75 Å². The van der Waals surface area contributed by atoms with E-state index < -0.39 is 0 Å².